The van der Waals surface area contributed by atoms with E-state index in [9.17, 15) is 0 Å². The van der Waals surface area contributed by atoms with E-state index in [2.05, 4.69) is 57.1 Å². The fourth-order valence-corrected chi connectivity index (χ4v) is 3.75. The number of hydrogen-bond donors (Lipinski definition) is 1. The Morgan fingerprint density at radius 3 is 2.69 bits per heavy atom. The maximum absolute atomic E-state index is 3.54. The van der Waals surface area contributed by atoms with Crippen LogP contribution in [0.3, 0.4) is 0 Å². The molecule has 74 valence electrons. The lowest BCUT2D eigenvalue weighted by Gasteiger charge is -2.09. The largest absolute Gasteiger partial charge is 0.310 e. The van der Waals surface area contributed by atoms with Gasteiger partial charge in [0.15, 0.2) is 0 Å². The molecule has 1 aromatic rings. The van der Waals surface area contributed by atoms with Crippen molar-refractivity contribution in [2.45, 2.75) is 32.9 Å². The number of halogens is 2. The van der Waals surface area contributed by atoms with Crippen LogP contribution in [0.25, 0.3) is 0 Å². The summed E-state index contributed by atoms with van der Waals surface area (Å²) in [5, 5.41) is 3.46. The van der Waals surface area contributed by atoms with E-state index in [-0.39, 0.29) is 0 Å². The van der Waals surface area contributed by atoms with Crippen molar-refractivity contribution in [3.63, 3.8) is 0 Å². The third-order valence-electron chi connectivity index (χ3n) is 1.98. The zero-order valence-corrected chi connectivity index (χ0v) is 11.7. The second-order valence-electron chi connectivity index (χ2n) is 3.04. The van der Waals surface area contributed by atoms with E-state index in [0.717, 1.165) is 6.54 Å². The number of thiophene rings is 1. The minimum absolute atomic E-state index is 0.588. The van der Waals surface area contributed by atoms with Crippen LogP contribution in [0.2, 0.25) is 0 Å². The molecule has 4 heteroatoms. The van der Waals surface area contributed by atoms with Gasteiger partial charge in [0.2, 0.25) is 0 Å². The third-order valence-corrected chi connectivity index (χ3v) is 4.44. The van der Waals surface area contributed by atoms with Gasteiger partial charge in [0.1, 0.15) is 0 Å². The van der Waals surface area contributed by atoms with Crippen LogP contribution in [-0.2, 0) is 6.54 Å². The Morgan fingerprint density at radius 1 is 1.54 bits per heavy atom. The van der Waals surface area contributed by atoms with Gasteiger partial charge in [-0.25, -0.2) is 0 Å². The van der Waals surface area contributed by atoms with Gasteiger partial charge in [-0.3, -0.25) is 0 Å². The van der Waals surface area contributed by atoms with Crippen molar-refractivity contribution in [1.29, 1.82) is 0 Å². The summed E-state index contributed by atoms with van der Waals surface area (Å²) in [5.41, 5.74) is 1.33. The monoisotopic (exact) mass is 325 g/mol. The van der Waals surface area contributed by atoms with Crippen molar-refractivity contribution in [2.75, 3.05) is 0 Å². The van der Waals surface area contributed by atoms with Crippen LogP contribution < -0.4 is 5.32 Å². The first-order valence-electron chi connectivity index (χ1n) is 4.30. The molecule has 0 fully saturated rings. The van der Waals surface area contributed by atoms with Crippen LogP contribution in [-0.4, -0.2) is 6.04 Å². The van der Waals surface area contributed by atoms with E-state index < -0.39 is 0 Å². The first kappa shape index (κ1) is 11.7. The molecule has 0 spiro atoms. The van der Waals surface area contributed by atoms with Gasteiger partial charge in [-0.05, 0) is 56.8 Å². The van der Waals surface area contributed by atoms with Gasteiger partial charge in [-0.1, -0.05) is 6.92 Å². The van der Waals surface area contributed by atoms with E-state index in [1.807, 2.05) is 0 Å². The van der Waals surface area contributed by atoms with Crippen LogP contribution in [0.15, 0.2) is 13.6 Å². The standard InChI is InChI=1S/C9H13Br2NS/c1-3-6(2)12-5-7-4-8(10)13-9(7)11/h4,6,12H,3,5H2,1-2H3. The summed E-state index contributed by atoms with van der Waals surface area (Å²) in [5.74, 6) is 0. The van der Waals surface area contributed by atoms with Crippen LogP contribution in [0.5, 0.6) is 0 Å². The predicted molar refractivity (Wildman–Crippen MR) is 66.3 cm³/mol. The highest BCUT2D eigenvalue weighted by Gasteiger charge is 2.05. The minimum atomic E-state index is 0.588. The summed E-state index contributed by atoms with van der Waals surface area (Å²) in [4.78, 5) is 0. The molecule has 1 aromatic heterocycles. The normalized spacial score (nSPS) is 13.2. The highest BCUT2D eigenvalue weighted by molar-refractivity contribution is 9.12. The lowest BCUT2D eigenvalue weighted by molar-refractivity contribution is 0.534. The Labute approximate surface area is 100 Å². The van der Waals surface area contributed by atoms with Gasteiger partial charge < -0.3 is 5.32 Å². The summed E-state index contributed by atoms with van der Waals surface area (Å²) in [6, 6.07) is 2.75. The van der Waals surface area contributed by atoms with E-state index in [4.69, 9.17) is 0 Å². The fraction of sp³-hybridized carbons (Fsp3) is 0.556. The third kappa shape index (κ3) is 3.70. The van der Waals surface area contributed by atoms with E-state index in [1.165, 1.54) is 19.6 Å². The van der Waals surface area contributed by atoms with Gasteiger partial charge in [0.25, 0.3) is 0 Å². The number of rotatable bonds is 4. The molecule has 1 nitrogen and oxygen atoms in total. The zero-order valence-electron chi connectivity index (χ0n) is 7.73. The van der Waals surface area contributed by atoms with E-state index in [0.29, 0.717) is 6.04 Å². The smallest absolute Gasteiger partial charge is 0.0755 e. The first-order valence-corrected chi connectivity index (χ1v) is 6.70. The highest BCUT2D eigenvalue weighted by Crippen LogP contribution is 2.31. The maximum Gasteiger partial charge on any atom is 0.0755 e. The summed E-state index contributed by atoms with van der Waals surface area (Å²) in [6.45, 7) is 5.34. The molecular formula is C9H13Br2NS. The molecule has 0 aliphatic rings. The topological polar surface area (TPSA) is 12.0 Å². The van der Waals surface area contributed by atoms with Gasteiger partial charge in [0, 0.05) is 12.6 Å². The molecule has 1 unspecified atom stereocenters. The van der Waals surface area contributed by atoms with Gasteiger partial charge in [-0.2, -0.15) is 0 Å². The van der Waals surface area contributed by atoms with Crippen LogP contribution in [0.4, 0.5) is 0 Å². The Hall–Kier alpha value is 0.620. The zero-order chi connectivity index (χ0) is 9.84. The molecule has 0 saturated carbocycles. The maximum atomic E-state index is 3.54. The molecular weight excluding hydrogens is 314 g/mol. The molecule has 0 aliphatic heterocycles. The molecule has 1 heterocycles. The summed E-state index contributed by atoms with van der Waals surface area (Å²) >= 11 is 8.73. The number of hydrogen-bond acceptors (Lipinski definition) is 2. The van der Waals surface area contributed by atoms with Gasteiger partial charge in [-0.15, -0.1) is 11.3 Å². The average molecular weight is 327 g/mol. The average Bonchev–Trinajstić information content (AvgIpc) is 2.41. The Bertz CT molecular complexity index is 273. The molecule has 0 amide bonds. The molecule has 13 heavy (non-hydrogen) atoms. The Morgan fingerprint density at radius 2 is 2.23 bits per heavy atom. The molecule has 1 N–H and O–H groups in total. The van der Waals surface area contributed by atoms with Crippen molar-refractivity contribution < 1.29 is 0 Å². The van der Waals surface area contributed by atoms with Crippen LogP contribution >= 0.6 is 43.2 Å². The van der Waals surface area contributed by atoms with E-state index in [1.54, 1.807) is 11.3 Å². The quantitative estimate of drug-likeness (QED) is 0.876. The lowest BCUT2D eigenvalue weighted by Crippen LogP contribution is -2.24. The molecule has 0 radical (unpaired) electrons. The summed E-state index contributed by atoms with van der Waals surface area (Å²) in [7, 11) is 0. The number of nitrogens with one attached hydrogen (secondary N) is 1. The highest BCUT2D eigenvalue weighted by atomic mass is 79.9. The second kappa shape index (κ2) is 5.49. The Balaban J connectivity index is 2.49. The van der Waals surface area contributed by atoms with Crippen molar-refractivity contribution in [3.8, 4) is 0 Å². The van der Waals surface area contributed by atoms with Crippen LogP contribution in [0.1, 0.15) is 25.8 Å². The summed E-state index contributed by atoms with van der Waals surface area (Å²) in [6.07, 6.45) is 1.17. The molecule has 0 saturated heterocycles. The lowest BCUT2D eigenvalue weighted by atomic mass is 10.2. The van der Waals surface area contributed by atoms with Crippen LogP contribution in [0, 0.1) is 0 Å². The van der Waals surface area contributed by atoms with E-state index >= 15 is 0 Å². The van der Waals surface area contributed by atoms with Crippen molar-refractivity contribution in [1.82, 2.24) is 5.32 Å². The van der Waals surface area contributed by atoms with Gasteiger partial charge >= 0.3 is 0 Å². The molecule has 1 atom stereocenters. The molecule has 0 bridgehead atoms. The SMILES string of the molecule is CCC(C)NCc1cc(Br)sc1Br. The Kier molecular flexibility index (Phi) is 4.94. The fourth-order valence-electron chi connectivity index (χ4n) is 0.923. The minimum Gasteiger partial charge on any atom is -0.310 e. The predicted octanol–water partition coefficient (Wildman–Crippen LogP) is 4.16. The molecule has 0 aromatic carbocycles. The molecule has 0 aliphatic carbocycles. The second-order valence-corrected chi connectivity index (χ2v) is 6.79. The van der Waals surface area contributed by atoms with Crippen molar-refractivity contribution >= 4 is 43.2 Å². The van der Waals surface area contributed by atoms with Crippen molar-refractivity contribution in [3.05, 3.63) is 19.2 Å². The van der Waals surface area contributed by atoms with Gasteiger partial charge in [0.05, 0.1) is 7.57 Å². The van der Waals surface area contributed by atoms with Crippen molar-refractivity contribution in [2.24, 2.45) is 0 Å². The summed E-state index contributed by atoms with van der Waals surface area (Å²) < 4.78 is 2.40. The molecule has 1 rings (SSSR count). The first-order chi connectivity index (χ1) is 6.13.